The molecule has 0 bridgehead atoms. The van der Waals surface area contributed by atoms with Gasteiger partial charge >= 0.3 is 6.18 Å². The monoisotopic (exact) mass is 506 g/mol. The largest absolute Gasteiger partial charge is 0.421 e. The highest BCUT2D eigenvalue weighted by Crippen LogP contribution is 2.37. The molecule has 1 aromatic carbocycles. The summed E-state index contributed by atoms with van der Waals surface area (Å²) in [6, 6.07) is 8.69. The van der Waals surface area contributed by atoms with Crippen molar-refractivity contribution < 1.29 is 27.5 Å². The van der Waals surface area contributed by atoms with Crippen LogP contribution in [0.15, 0.2) is 41.9 Å². The van der Waals surface area contributed by atoms with E-state index in [1.54, 1.807) is 12.1 Å². The van der Waals surface area contributed by atoms with Crippen LogP contribution in [0.1, 0.15) is 21.5 Å². The Morgan fingerprint density at radius 1 is 1.11 bits per heavy atom. The number of carbonyl (C=O) groups excluding carboxylic acids is 2. The van der Waals surface area contributed by atoms with Gasteiger partial charge in [0.1, 0.15) is 16.4 Å². The van der Waals surface area contributed by atoms with Gasteiger partial charge in [0.25, 0.3) is 11.7 Å². The summed E-state index contributed by atoms with van der Waals surface area (Å²) in [6.45, 7) is 3.87. The molecule has 0 atom stereocenters. The normalized spacial score (nSPS) is 14.5. The van der Waals surface area contributed by atoms with Crippen LogP contribution in [0, 0.1) is 0 Å². The van der Waals surface area contributed by atoms with Gasteiger partial charge in [-0.05, 0) is 29.1 Å². The number of benzene rings is 1. The first-order valence-corrected chi connectivity index (χ1v) is 11.4. The minimum atomic E-state index is -4.76. The Morgan fingerprint density at radius 3 is 2.49 bits per heavy atom. The van der Waals surface area contributed by atoms with Crippen molar-refractivity contribution in [1.29, 1.82) is 0 Å². The lowest BCUT2D eigenvalue weighted by Crippen LogP contribution is -2.35. The number of nitrogens with one attached hydrogen (secondary N) is 2. The van der Waals surface area contributed by atoms with Crippen molar-refractivity contribution in [3.63, 3.8) is 0 Å². The molecule has 4 rings (SSSR count). The molecule has 13 heteroatoms. The molecular weight excluding hydrogens is 485 g/mol. The number of rotatable bonds is 8. The second-order valence-corrected chi connectivity index (χ2v) is 8.56. The van der Waals surface area contributed by atoms with Gasteiger partial charge in [-0.2, -0.15) is 18.2 Å². The SMILES string of the molecule is NC(=O)C(=O)c1ccsc1Nc1nc(Nc2ccc(CN3CCOCC3)cc2)ncc1C(F)(F)F. The van der Waals surface area contributed by atoms with E-state index in [9.17, 15) is 22.8 Å². The number of primary amides is 1. The van der Waals surface area contributed by atoms with E-state index in [2.05, 4.69) is 25.5 Å². The highest BCUT2D eigenvalue weighted by molar-refractivity contribution is 7.14. The van der Waals surface area contributed by atoms with Crippen molar-refractivity contribution in [2.75, 3.05) is 36.9 Å². The van der Waals surface area contributed by atoms with Gasteiger partial charge in [0.05, 0.1) is 18.8 Å². The number of nitrogens with zero attached hydrogens (tertiary/aromatic N) is 3. The predicted octanol–water partition coefficient (Wildman–Crippen LogP) is 3.54. The third kappa shape index (κ3) is 6.12. The van der Waals surface area contributed by atoms with E-state index in [4.69, 9.17) is 10.5 Å². The Morgan fingerprint density at radius 2 is 1.83 bits per heavy atom. The molecule has 1 fully saturated rings. The number of alkyl halides is 3. The fraction of sp³-hybridized carbons (Fsp3) is 0.273. The number of thiophene rings is 1. The van der Waals surface area contributed by atoms with Crippen molar-refractivity contribution >= 4 is 45.5 Å². The van der Waals surface area contributed by atoms with Crippen molar-refractivity contribution in [1.82, 2.24) is 14.9 Å². The molecule has 3 heterocycles. The van der Waals surface area contributed by atoms with Crippen molar-refractivity contribution in [2.24, 2.45) is 5.73 Å². The summed E-state index contributed by atoms with van der Waals surface area (Å²) in [5.41, 5.74) is 5.42. The van der Waals surface area contributed by atoms with E-state index in [0.29, 0.717) is 25.1 Å². The first kappa shape index (κ1) is 24.6. The van der Waals surface area contributed by atoms with Gasteiger partial charge in [-0.1, -0.05) is 12.1 Å². The first-order chi connectivity index (χ1) is 16.7. The Hall–Kier alpha value is -3.55. The number of hydrogen-bond acceptors (Lipinski definition) is 9. The highest BCUT2D eigenvalue weighted by atomic mass is 32.1. The lowest BCUT2D eigenvalue weighted by atomic mass is 10.2. The number of anilines is 4. The van der Waals surface area contributed by atoms with Crippen molar-refractivity contribution in [2.45, 2.75) is 12.7 Å². The third-order valence-electron chi connectivity index (χ3n) is 5.18. The number of halogens is 3. The number of aromatic nitrogens is 2. The average molecular weight is 507 g/mol. The maximum atomic E-state index is 13.6. The van der Waals surface area contributed by atoms with Crippen LogP contribution in [0.3, 0.4) is 0 Å². The summed E-state index contributed by atoms with van der Waals surface area (Å²) in [6.07, 6.45) is -4.11. The molecule has 3 aromatic rings. The Bertz CT molecular complexity index is 1210. The summed E-state index contributed by atoms with van der Waals surface area (Å²) in [7, 11) is 0. The molecule has 0 unspecified atom stereocenters. The molecule has 1 aliphatic rings. The molecule has 4 N–H and O–H groups in total. The summed E-state index contributed by atoms with van der Waals surface area (Å²) in [5, 5.41) is 6.86. The fourth-order valence-corrected chi connectivity index (χ4v) is 4.19. The van der Waals surface area contributed by atoms with Crippen LogP contribution in [0.25, 0.3) is 0 Å². The molecule has 184 valence electrons. The van der Waals surface area contributed by atoms with E-state index in [0.717, 1.165) is 36.5 Å². The lowest BCUT2D eigenvalue weighted by molar-refractivity contribution is -0.137. The minimum Gasteiger partial charge on any atom is -0.379 e. The molecule has 0 radical (unpaired) electrons. The molecule has 1 saturated heterocycles. The van der Waals surface area contributed by atoms with E-state index < -0.39 is 29.2 Å². The van der Waals surface area contributed by atoms with Crippen LogP contribution in [-0.2, 0) is 22.3 Å². The van der Waals surface area contributed by atoms with Crippen LogP contribution in [0.2, 0.25) is 0 Å². The lowest BCUT2D eigenvalue weighted by Gasteiger charge is -2.26. The number of morpholine rings is 1. The van der Waals surface area contributed by atoms with Gasteiger partial charge < -0.3 is 21.1 Å². The van der Waals surface area contributed by atoms with Gasteiger partial charge in [-0.15, -0.1) is 11.3 Å². The summed E-state index contributed by atoms with van der Waals surface area (Å²) in [5.74, 6) is -2.89. The Kier molecular flexibility index (Phi) is 7.28. The molecule has 1 amide bonds. The molecule has 9 nitrogen and oxygen atoms in total. The van der Waals surface area contributed by atoms with Crippen molar-refractivity contribution in [3.05, 3.63) is 58.6 Å². The van der Waals surface area contributed by atoms with Gasteiger partial charge in [0.15, 0.2) is 0 Å². The van der Waals surface area contributed by atoms with E-state index in [1.807, 2.05) is 12.1 Å². The minimum absolute atomic E-state index is 0.0106. The number of ether oxygens (including phenoxy) is 1. The van der Waals surface area contributed by atoms with Gasteiger partial charge in [-0.25, -0.2) is 4.98 Å². The molecule has 35 heavy (non-hydrogen) atoms. The maximum Gasteiger partial charge on any atom is 0.421 e. The number of amides is 1. The highest BCUT2D eigenvalue weighted by Gasteiger charge is 2.36. The van der Waals surface area contributed by atoms with Crippen LogP contribution in [0.4, 0.5) is 35.6 Å². The summed E-state index contributed by atoms with van der Waals surface area (Å²) in [4.78, 5) is 33.3. The zero-order valence-electron chi connectivity index (χ0n) is 18.3. The van der Waals surface area contributed by atoms with Crippen LogP contribution >= 0.6 is 11.3 Å². The third-order valence-corrected chi connectivity index (χ3v) is 6.01. The van der Waals surface area contributed by atoms with E-state index >= 15 is 0 Å². The van der Waals surface area contributed by atoms with Crippen LogP contribution < -0.4 is 16.4 Å². The first-order valence-electron chi connectivity index (χ1n) is 10.5. The van der Waals surface area contributed by atoms with Crippen LogP contribution in [0.5, 0.6) is 0 Å². The molecular formula is C22H21F3N6O3S. The number of Topliss-reactive ketones (excluding diaryl/α,β-unsaturated/α-hetero) is 1. The van der Waals surface area contributed by atoms with E-state index in [1.165, 1.54) is 11.4 Å². The standard InChI is InChI=1S/C22H21F3N6O3S/c23-22(24,25)16-11-27-21(30-19(16)29-20-15(5-10-35-20)17(32)18(26)33)28-14-3-1-13(2-4-14)12-31-6-8-34-9-7-31/h1-5,10-11H,6-9,12H2,(H2,26,33)(H2,27,28,29,30). The Balaban J connectivity index is 1.54. The van der Waals surface area contributed by atoms with E-state index in [-0.39, 0.29) is 16.5 Å². The quantitative estimate of drug-likeness (QED) is 0.313. The number of nitrogens with two attached hydrogens (primary N) is 1. The molecule has 0 saturated carbocycles. The number of ketones is 1. The zero-order valence-corrected chi connectivity index (χ0v) is 19.1. The Labute approximate surface area is 202 Å². The zero-order chi connectivity index (χ0) is 25.0. The predicted molar refractivity (Wildman–Crippen MR) is 124 cm³/mol. The van der Waals surface area contributed by atoms with Crippen LogP contribution in [-0.4, -0.2) is 52.9 Å². The summed E-state index contributed by atoms with van der Waals surface area (Å²) < 4.78 is 46.1. The van der Waals surface area contributed by atoms with Gasteiger partial charge in [0.2, 0.25) is 5.95 Å². The average Bonchev–Trinajstić information content (AvgIpc) is 3.28. The fourth-order valence-electron chi connectivity index (χ4n) is 3.41. The number of hydrogen-bond donors (Lipinski definition) is 3. The van der Waals surface area contributed by atoms with Gasteiger partial charge in [0, 0.05) is 31.5 Å². The maximum absolute atomic E-state index is 13.6. The molecule has 0 spiro atoms. The second kappa shape index (κ2) is 10.4. The second-order valence-electron chi connectivity index (χ2n) is 7.65. The molecule has 1 aliphatic heterocycles. The molecule has 2 aromatic heterocycles. The molecule has 0 aliphatic carbocycles. The topological polar surface area (TPSA) is 122 Å². The number of carbonyl (C=O) groups is 2. The van der Waals surface area contributed by atoms with Crippen molar-refractivity contribution in [3.8, 4) is 0 Å². The summed E-state index contributed by atoms with van der Waals surface area (Å²) >= 11 is 0.935. The smallest absolute Gasteiger partial charge is 0.379 e. The van der Waals surface area contributed by atoms with Gasteiger partial charge in [-0.3, -0.25) is 14.5 Å².